The molecule has 1 aliphatic heterocycles. The summed E-state index contributed by atoms with van der Waals surface area (Å²) in [6.45, 7) is -0.0808. The first kappa shape index (κ1) is 23.8. The second-order valence-electron chi connectivity index (χ2n) is 7.64. The number of carbonyl (C=O) groups excluding carboxylic acids is 2. The molecule has 1 fully saturated rings. The molecule has 0 radical (unpaired) electrons. The maximum atomic E-state index is 13.1. The van der Waals surface area contributed by atoms with Gasteiger partial charge < -0.3 is 9.64 Å². The molecule has 2 aromatic carbocycles. The van der Waals surface area contributed by atoms with E-state index in [0.29, 0.717) is 12.8 Å². The first-order valence-corrected chi connectivity index (χ1v) is 11.5. The van der Waals surface area contributed by atoms with Gasteiger partial charge in [-0.25, -0.2) is 17.2 Å². The van der Waals surface area contributed by atoms with Crippen molar-refractivity contribution in [2.45, 2.75) is 24.3 Å². The van der Waals surface area contributed by atoms with Gasteiger partial charge in [-0.3, -0.25) is 9.59 Å². The highest BCUT2D eigenvalue weighted by molar-refractivity contribution is 7.89. The molecular weight excluding hydrogens is 442 g/mol. The van der Waals surface area contributed by atoms with E-state index in [-0.39, 0.29) is 30.3 Å². The van der Waals surface area contributed by atoms with Gasteiger partial charge in [0.1, 0.15) is 11.6 Å². The number of ether oxygens (including phenoxy) is 1. The van der Waals surface area contributed by atoms with Gasteiger partial charge in [-0.2, -0.15) is 4.31 Å². The Morgan fingerprint density at radius 1 is 1.06 bits per heavy atom. The summed E-state index contributed by atoms with van der Waals surface area (Å²) in [6, 6.07) is 10.2. The Balaban J connectivity index is 1.54. The molecule has 0 bridgehead atoms. The van der Waals surface area contributed by atoms with Crippen LogP contribution in [-0.4, -0.2) is 56.2 Å². The first-order valence-electron chi connectivity index (χ1n) is 10.1. The summed E-state index contributed by atoms with van der Waals surface area (Å²) >= 11 is 0. The Hall–Kier alpha value is -2.85. The second-order valence-corrected chi connectivity index (χ2v) is 9.58. The lowest BCUT2D eigenvalue weighted by atomic mass is 10.00. The van der Waals surface area contributed by atoms with E-state index in [0.717, 1.165) is 17.7 Å². The predicted molar refractivity (Wildman–Crippen MR) is 112 cm³/mol. The van der Waals surface area contributed by atoms with Gasteiger partial charge in [-0.1, -0.05) is 12.1 Å². The van der Waals surface area contributed by atoms with E-state index in [2.05, 4.69) is 0 Å². The summed E-state index contributed by atoms with van der Waals surface area (Å²) in [6.07, 6.45) is 0.895. The zero-order chi connectivity index (χ0) is 23.3. The van der Waals surface area contributed by atoms with Gasteiger partial charge >= 0.3 is 5.97 Å². The highest BCUT2D eigenvalue weighted by Gasteiger charge is 2.34. The van der Waals surface area contributed by atoms with Crippen LogP contribution >= 0.6 is 0 Å². The minimum Gasteiger partial charge on any atom is -0.455 e. The number of halogens is 2. The van der Waals surface area contributed by atoms with Crippen LogP contribution in [0.5, 0.6) is 0 Å². The topological polar surface area (TPSA) is 84.0 Å². The van der Waals surface area contributed by atoms with Crippen LogP contribution in [0.15, 0.2) is 53.4 Å². The van der Waals surface area contributed by atoms with E-state index in [9.17, 15) is 26.8 Å². The number of hydrogen-bond acceptors (Lipinski definition) is 5. The Morgan fingerprint density at radius 3 is 2.28 bits per heavy atom. The normalized spacial score (nSPS) is 17.0. The standard InChI is InChI=1S/C22H24F2N2O5S/c1-25(13-16-4-6-18(23)7-5-16)21(27)15-31-22(28)17-3-2-12-26(14-17)32(29,30)20-10-8-19(24)9-11-20/h4-11,17H,2-3,12-15H2,1H3. The fourth-order valence-corrected chi connectivity index (χ4v) is 4.95. The zero-order valence-electron chi connectivity index (χ0n) is 17.5. The average Bonchev–Trinajstić information content (AvgIpc) is 2.79. The van der Waals surface area contributed by atoms with Gasteiger partial charge in [0, 0.05) is 26.7 Å². The largest absolute Gasteiger partial charge is 0.455 e. The third-order valence-electron chi connectivity index (χ3n) is 5.27. The van der Waals surface area contributed by atoms with Crippen molar-refractivity contribution >= 4 is 21.9 Å². The van der Waals surface area contributed by atoms with E-state index in [1.54, 1.807) is 12.1 Å². The molecule has 0 spiro atoms. The first-order chi connectivity index (χ1) is 15.2. The van der Waals surface area contributed by atoms with Crippen molar-refractivity contribution in [3.63, 3.8) is 0 Å². The number of piperidine rings is 1. The third kappa shape index (κ3) is 5.89. The monoisotopic (exact) mass is 466 g/mol. The molecule has 3 rings (SSSR count). The predicted octanol–water partition coefficient (Wildman–Crippen LogP) is 2.57. The fourth-order valence-electron chi connectivity index (χ4n) is 3.42. The molecule has 172 valence electrons. The molecule has 1 amide bonds. The molecule has 32 heavy (non-hydrogen) atoms. The van der Waals surface area contributed by atoms with Crippen molar-refractivity contribution in [3.05, 3.63) is 65.7 Å². The number of amides is 1. The molecule has 2 aromatic rings. The Kier molecular flexibility index (Phi) is 7.57. The van der Waals surface area contributed by atoms with E-state index in [1.165, 1.54) is 40.5 Å². The molecule has 1 saturated heterocycles. The number of esters is 1. The van der Waals surface area contributed by atoms with Crippen molar-refractivity contribution in [1.29, 1.82) is 0 Å². The van der Waals surface area contributed by atoms with Gasteiger partial charge in [0.15, 0.2) is 6.61 Å². The van der Waals surface area contributed by atoms with Crippen molar-refractivity contribution in [2.24, 2.45) is 5.92 Å². The van der Waals surface area contributed by atoms with Crippen molar-refractivity contribution in [3.8, 4) is 0 Å². The summed E-state index contributed by atoms with van der Waals surface area (Å²) in [5.41, 5.74) is 0.725. The van der Waals surface area contributed by atoms with E-state index in [1.807, 2.05) is 0 Å². The van der Waals surface area contributed by atoms with E-state index < -0.39 is 40.2 Å². The van der Waals surface area contributed by atoms with Crippen LogP contribution in [0.25, 0.3) is 0 Å². The van der Waals surface area contributed by atoms with Gasteiger partial charge in [0.25, 0.3) is 5.91 Å². The number of rotatable bonds is 7. The lowest BCUT2D eigenvalue weighted by Crippen LogP contribution is -2.43. The van der Waals surface area contributed by atoms with Crippen LogP contribution in [0.2, 0.25) is 0 Å². The smallest absolute Gasteiger partial charge is 0.310 e. The van der Waals surface area contributed by atoms with Crippen LogP contribution in [0.4, 0.5) is 8.78 Å². The molecule has 1 heterocycles. The molecule has 0 aliphatic carbocycles. The van der Waals surface area contributed by atoms with E-state index in [4.69, 9.17) is 4.74 Å². The molecule has 0 N–H and O–H groups in total. The number of likely N-dealkylation sites (N-methyl/N-ethyl adjacent to an activating group) is 1. The molecular formula is C22H24F2N2O5S. The van der Waals surface area contributed by atoms with Gasteiger partial charge in [-0.05, 0) is 54.8 Å². The van der Waals surface area contributed by atoms with Crippen molar-refractivity contribution in [2.75, 3.05) is 26.7 Å². The highest BCUT2D eigenvalue weighted by atomic mass is 32.2. The number of carbonyl (C=O) groups is 2. The summed E-state index contributed by atoms with van der Waals surface area (Å²) in [7, 11) is -2.33. The van der Waals surface area contributed by atoms with Gasteiger partial charge in [0.2, 0.25) is 10.0 Å². The third-order valence-corrected chi connectivity index (χ3v) is 7.14. The molecule has 10 heteroatoms. The number of hydrogen-bond donors (Lipinski definition) is 0. The van der Waals surface area contributed by atoms with Crippen LogP contribution in [-0.2, 0) is 30.9 Å². The summed E-state index contributed by atoms with van der Waals surface area (Å²) in [4.78, 5) is 26.0. The summed E-state index contributed by atoms with van der Waals surface area (Å²) in [5.74, 6) is -2.70. The van der Waals surface area contributed by atoms with Crippen LogP contribution in [0.3, 0.4) is 0 Å². The molecule has 1 atom stereocenters. The minimum absolute atomic E-state index is 0.0505. The number of nitrogens with zero attached hydrogens (tertiary/aromatic N) is 2. The Bertz CT molecular complexity index is 1060. The molecule has 1 unspecified atom stereocenters. The average molecular weight is 467 g/mol. The lowest BCUT2D eigenvalue weighted by Gasteiger charge is -2.30. The summed E-state index contributed by atoms with van der Waals surface area (Å²) in [5, 5.41) is 0. The second kappa shape index (κ2) is 10.2. The van der Waals surface area contributed by atoms with Crippen LogP contribution in [0.1, 0.15) is 18.4 Å². The molecule has 0 saturated carbocycles. The molecule has 1 aliphatic rings. The van der Waals surface area contributed by atoms with Crippen molar-refractivity contribution < 1.29 is 31.5 Å². The number of benzene rings is 2. The summed E-state index contributed by atoms with van der Waals surface area (Å²) < 4.78 is 58.0. The zero-order valence-corrected chi connectivity index (χ0v) is 18.4. The maximum Gasteiger partial charge on any atom is 0.310 e. The fraction of sp³-hybridized carbons (Fsp3) is 0.364. The van der Waals surface area contributed by atoms with Gasteiger partial charge in [-0.15, -0.1) is 0 Å². The Morgan fingerprint density at radius 2 is 1.66 bits per heavy atom. The highest BCUT2D eigenvalue weighted by Crippen LogP contribution is 2.24. The lowest BCUT2D eigenvalue weighted by molar-refractivity contribution is -0.156. The van der Waals surface area contributed by atoms with Crippen molar-refractivity contribution in [1.82, 2.24) is 9.21 Å². The molecule has 0 aromatic heterocycles. The number of sulfonamides is 1. The van der Waals surface area contributed by atoms with Crippen LogP contribution in [0, 0.1) is 17.6 Å². The van der Waals surface area contributed by atoms with Crippen LogP contribution < -0.4 is 0 Å². The minimum atomic E-state index is -3.87. The maximum absolute atomic E-state index is 13.1. The van der Waals surface area contributed by atoms with Gasteiger partial charge in [0.05, 0.1) is 10.8 Å². The quantitative estimate of drug-likeness (QED) is 0.586. The Labute approximate surface area is 185 Å². The van der Waals surface area contributed by atoms with E-state index >= 15 is 0 Å². The SMILES string of the molecule is CN(Cc1ccc(F)cc1)C(=O)COC(=O)C1CCCN(S(=O)(=O)c2ccc(F)cc2)C1. The molecule has 7 nitrogen and oxygen atoms in total.